The van der Waals surface area contributed by atoms with Crippen molar-refractivity contribution in [2.24, 2.45) is 0 Å². The fraction of sp³-hybridized carbons (Fsp3) is 0.750. The molecule has 1 aromatic rings. The third-order valence-electron chi connectivity index (χ3n) is 2.57. The lowest BCUT2D eigenvalue weighted by atomic mass is 10.1. The van der Waals surface area contributed by atoms with E-state index in [2.05, 4.69) is 10.3 Å². The van der Waals surface area contributed by atoms with Crippen molar-refractivity contribution in [1.82, 2.24) is 10.3 Å². The third-order valence-corrected chi connectivity index (χ3v) is 2.57. The van der Waals surface area contributed by atoms with Crippen LogP contribution in [-0.2, 0) is 11.3 Å². The molecule has 0 saturated heterocycles. The lowest BCUT2D eigenvalue weighted by Gasteiger charge is -2.21. The monoisotopic (exact) mass is 242 g/mol. The minimum Gasteiger partial charge on any atom is -0.450 e. The van der Waals surface area contributed by atoms with Gasteiger partial charge in [-0.25, -0.2) is 0 Å². The molecule has 1 aromatic heterocycles. The summed E-state index contributed by atoms with van der Waals surface area (Å²) in [6.45, 7) is 8.22. The number of methoxy groups -OCH3 is 1. The summed E-state index contributed by atoms with van der Waals surface area (Å²) in [5, 5.41) is 3.17. The molecule has 0 spiro atoms. The number of aromatic nitrogens is 1. The molecule has 0 aliphatic rings. The molecule has 17 heavy (non-hydrogen) atoms. The summed E-state index contributed by atoms with van der Waals surface area (Å²) in [6, 6.07) is 0. The maximum absolute atomic E-state index is 5.42. The maximum atomic E-state index is 5.42. The van der Waals surface area contributed by atoms with Crippen LogP contribution in [0.5, 0.6) is 6.08 Å². The maximum Gasteiger partial charge on any atom is 0.393 e. The second-order valence-corrected chi connectivity index (χ2v) is 4.45. The van der Waals surface area contributed by atoms with Gasteiger partial charge in [-0.1, -0.05) is 6.92 Å². The van der Waals surface area contributed by atoms with Crippen molar-refractivity contribution in [1.29, 1.82) is 0 Å². The molecule has 0 aliphatic carbocycles. The second-order valence-electron chi connectivity index (χ2n) is 4.45. The molecule has 98 valence electrons. The van der Waals surface area contributed by atoms with Crippen LogP contribution < -0.4 is 10.1 Å². The minimum absolute atomic E-state index is 0.181. The predicted molar refractivity (Wildman–Crippen MR) is 65.1 cm³/mol. The van der Waals surface area contributed by atoms with Crippen LogP contribution in [0.4, 0.5) is 0 Å². The first-order valence-electron chi connectivity index (χ1n) is 5.90. The number of nitrogens with zero attached hydrogens (tertiary/aromatic N) is 1. The first-order valence-corrected chi connectivity index (χ1v) is 5.90. The molecular formula is C12H22N2O3. The molecule has 0 bridgehead atoms. The zero-order valence-electron chi connectivity index (χ0n) is 11.1. The van der Waals surface area contributed by atoms with Gasteiger partial charge in [0.25, 0.3) is 0 Å². The van der Waals surface area contributed by atoms with E-state index >= 15 is 0 Å². The molecule has 0 aromatic carbocycles. The summed E-state index contributed by atoms with van der Waals surface area (Å²) in [5.74, 6) is 0. The predicted octanol–water partition coefficient (Wildman–Crippen LogP) is 1.98. The van der Waals surface area contributed by atoms with Crippen LogP contribution >= 0.6 is 0 Å². The fourth-order valence-electron chi connectivity index (χ4n) is 1.18. The van der Waals surface area contributed by atoms with Crippen LogP contribution in [0.2, 0.25) is 0 Å². The van der Waals surface area contributed by atoms with Crippen LogP contribution in [0.3, 0.4) is 0 Å². The number of oxazole rings is 1. The van der Waals surface area contributed by atoms with Crippen LogP contribution in [0, 0.1) is 0 Å². The van der Waals surface area contributed by atoms with Crippen molar-refractivity contribution in [2.75, 3.05) is 20.3 Å². The molecular weight excluding hydrogens is 220 g/mol. The summed E-state index contributed by atoms with van der Waals surface area (Å²) in [4.78, 5) is 4.20. The molecule has 0 radical (unpaired) electrons. The molecule has 5 heteroatoms. The highest BCUT2D eigenvalue weighted by Crippen LogP contribution is 2.15. The number of ether oxygens (including phenoxy) is 2. The van der Waals surface area contributed by atoms with Crippen molar-refractivity contribution >= 4 is 0 Å². The van der Waals surface area contributed by atoms with Gasteiger partial charge < -0.3 is 19.2 Å². The fourth-order valence-corrected chi connectivity index (χ4v) is 1.18. The van der Waals surface area contributed by atoms with Gasteiger partial charge in [0.1, 0.15) is 6.26 Å². The quantitative estimate of drug-likeness (QED) is 0.755. The van der Waals surface area contributed by atoms with E-state index in [4.69, 9.17) is 13.9 Å². The lowest BCUT2D eigenvalue weighted by Crippen LogP contribution is -2.25. The molecule has 1 heterocycles. The van der Waals surface area contributed by atoms with E-state index in [1.807, 2.05) is 20.8 Å². The molecule has 1 rings (SSSR count). The van der Waals surface area contributed by atoms with Crippen LogP contribution in [0.15, 0.2) is 10.7 Å². The number of hydrogen-bond acceptors (Lipinski definition) is 5. The van der Waals surface area contributed by atoms with E-state index in [1.165, 1.54) is 0 Å². The normalized spacial score (nSPS) is 11.8. The third kappa shape index (κ3) is 5.19. The minimum atomic E-state index is -0.181. The van der Waals surface area contributed by atoms with Crippen LogP contribution in [-0.4, -0.2) is 30.8 Å². The Morgan fingerprint density at radius 2 is 2.24 bits per heavy atom. The molecule has 0 aliphatic heterocycles. The Morgan fingerprint density at radius 3 is 2.88 bits per heavy atom. The Labute approximate surface area is 103 Å². The summed E-state index contributed by atoms with van der Waals surface area (Å²) < 4.78 is 15.9. The topological polar surface area (TPSA) is 56.5 Å². The van der Waals surface area contributed by atoms with Gasteiger partial charge in [-0.05, 0) is 20.4 Å². The van der Waals surface area contributed by atoms with Gasteiger partial charge in [0.2, 0.25) is 0 Å². The Bertz CT molecular complexity index is 323. The molecule has 5 nitrogen and oxygen atoms in total. The van der Waals surface area contributed by atoms with Gasteiger partial charge in [-0.2, -0.15) is 4.98 Å². The number of rotatable bonds is 8. The first-order chi connectivity index (χ1) is 8.07. The van der Waals surface area contributed by atoms with E-state index in [0.717, 1.165) is 18.7 Å². The van der Waals surface area contributed by atoms with Crippen LogP contribution in [0.25, 0.3) is 0 Å². The second kappa shape index (κ2) is 6.61. The van der Waals surface area contributed by atoms with Crippen molar-refractivity contribution < 1.29 is 13.9 Å². The standard InChI is InChI=1S/C12H22N2O3/c1-5-13-8-10-9-17-11(14-10)16-7-6-12(2,3)15-4/h9,13H,5-8H2,1-4H3. The molecule has 0 atom stereocenters. The Hall–Kier alpha value is -1.07. The Balaban J connectivity index is 2.30. The van der Waals surface area contributed by atoms with E-state index in [-0.39, 0.29) is 5.60 Å². The summed E-state index contributed by atoms with van der Waals surface area (Å²) in [7, 11) is 1.69. The molecule has 0 amide bonds. The van der Waals surface area contributed by atoms with Gasteiger partial charge in [0.05, 0.1) is 17.9 Å². The average Bonchev–Trinajstić information content (AvgIpc) is 2.74. The highest BCUT2D eigenvalue weighted by atomic mass is 16.6. The van der Waals surface area contributed by atoms with E-state index < -0.39 is 0 Å². The zero-order valence-corrected chi connectivity index (χ0v) is 11.1. The van der Waals surface area contributed by atoms with Crippen LogP contribution in [0.1, 0.15) is 32.9 Å². The van der Waals surface area contributed by atoms with Gasteiger partial charge >= 0.3 is 6.08 Å². The summed E-state index contributed by atoms with van der Waals surface area (Å²) in [6.07, 6.45) is 2.72. The Kier molecular flexibility index (Phi) is 5.44. The van der Waals surface area contributed by atoms with Gasteiger partial charge in [0, 0.05) is 20.1 Å². The van der Waals surface area contributed by atoms with Gasteiger partial charge in [0.15, 0.2) is 0 Å². The highest BCUT2D eigenvalue weighted by Gasteiger charge is 2.16. The first kappa shape index (κ1) is 14.0. The van der Waals surface area contributed by atoms with Gasteiger partial charge in [-0.15, -0.1) is 0 Å². The van der Waals surface area contributed by atoms with Crippen molar-refractivity contribution in [2.45, 2.75) is 39.3 Å². The SMILES string of the molecule is CCNCc1coc(OCCC(C)(C)OC)n1. The number of hydrogen-bond donors (Lipinski definition) is 1. The smallest absolute Gasteiger partial charge is 0.393 e. The van der Waals surface area contributed by atoms with Gasteiger partial charge in [-0.3, -0.25) is 0 Å². The van der Waals surface area contributed by atoms with E-state index in [1.54, 1.807) is 13.4 Å². The molecule has 0 unspecified atom stereocenters. The molecule has 0 fully saturated rings. The summed E-state index contributed by atoms with van der Waals surface area (Å²) in [5.41, 5.74) is 0.673. The van der Waals surface area contributed by atoms with E-state index in [0.29, 0.717) is 19.2 Å². The lowest BCUT2D eigenvalue weighted by molar-refractivity contribution is 0.00291. The number of nitrogens with one attached hydrogen (secondary N) is 1. The van der Waals surface area contributed by atoms with Crippen molar-refractivity contribution in [3.8, 4) is 6.08 Å². The zero-order chi connectivity index (χ0) is 12.7. The Morgan fingerprint density at radius 1 is 1.47 bits per heavy atom. The highest BCUT2D eigenvalue weighted by molar-refractivity contribution is 4.99. The van der Waals surface area contributed by atoms with Crippen molar-refractivity contribution in [3.05, 3.63) is 12.0 Å². The summed E-state index contributed by atoms with van der Waals surface area (Å²) >= 11 is 0. The molecule has 1 N–H and O–H groups in total. The van der Waals surface area contributed by atoms with Crippen molar-refractivity contribution in [3.63, 3.8) is 0 Å². The van der Waals surface area contributed by atoms with E-state index in [9.17, 15) is 0 Å². The average molecular weight is 242 g/mol. The molecule has 0 saturated carbocycles. The largest absolute Gasteiger partial charge is 0.450 e.